The van der Waals surface area contributed by atoms with Gasteiger partial charge in [0.05, 0.1) is 11.9 Å². The van der Waals surface area contributed by atoms with E-state index in [-0.39, 0.29) is 29.8 Å². The summed E-state index contributed by atoms with van der Waals surface area (Å²) in [6.45, 7) is 0.910. The third kappa shape index (κ3) is 1.62. The number of aromatic nitrogens is 1. The molecular formula is C11H12F3N3. The molecule has 6 heteroatoms. The smallest absolute Gasteiger partial charge is 0.249 e. The summed E-state index contributed by atoms with van der Waals surface area (Å²) in [4.78, 5) is 5.58. The summed E-state index contributed by atoms with van der Waals surface area (Å²) >= 11 is 0. The molecule has 1 saturated heterocycles. The SMILES string of the molecule is Nc1cnc(N2CC3(C2)CC(F)(F)C3)c(F)c1. The normalized spacial score (nSPS) is 24.3. The zero-order valence-electron chi connectivity index (χ0n) is 9.09. The van der Waals surface area contributed by atoms with Crippen LogP contribution in [0.4, 0.5) is 24.7 Å². The molecule has 0 radical (unpaired) electrons. The Morgan fingerprint density at radius 2 is 1.94 bits per heavy atom. The van der Waals surface area contributed by atoms with Gasteiger partial charge in [-0.2, -0.15) is 0 Å². The van der Waals surface area contributed by atoms with Crippen LogP contribution in [0.2, 0.25) is 0 Å². The van der Waals surface area contributed by atoms with Crippen LogP contribution in [0.1, 0.15) is 12.8 Å². The molecule has 3 nitrogen and oxygen atoms in total. The quantitative estimate of drug-likeness (QED) is 0.820. The lowest BCUT2D eigenvalue weighted by Gasteiger charge is -2.58. The molecule has 1 aromatic rings. The van der Waals surface area contributed by atoms with E-state index in [1.54, 1.807) is 4.90 Å². The topological polar surface area (TPSA) is 42.1 Å². The molecule has 2 heterocycles. The monoisotopic (exact) mass is 243 g/mol. The number of hydrogen-bond donors (Lipinski definition) is 1. The van der Waals surface area contributed by atoms with Crippen molar-refractivity contribution in [2.75, 3.05) is 23.7 Å². The molecule has 1 spiro atoms. The molecule has 3 rings (SSSR count). The fraction of sp³-hybridized carbons (Fsp3) is 0.545. The van der Waals surface area contributed by atoms with Gasteiger partial charge in [-0.25, -0.2) is 18.2 Å². The highest BCUT2D eigenvalue weighted by molar-refractivity contribution is 5.50. The summed E-state index contributed by atoms with van der Waals surface area (Å²) in [7, 11) is 0. The van der Waals surface area contributed by atoms with E-state index >= 15 is 0 Å². The van der Waals surface area contributed by atoms with Gasteiger partial charge in [0.1, 0.15) is 0 Å². The van der Waals surface area contributed by atoms with E-state index in [0.29, 0.717) is 13.1 Å². The zero-order chi connectivity index (χ0) is 12.3. The van der Waals surface area contributed by atoms with Crippen LogP contribution in [-0.4, -0.2) is 24.0 Å². The van der Waals surface area contributed by atoms with Crippen LogP contribution in [0, 0.1) is 11.2 Å². The molecule has 1 aliphatic carbocycles. The molecule has 1 aromatic heterocycles. The highest BCUT2D eigenvalue weighted by atomic mass is 19.3. The Kier molecular flexibility index (Phi) is 1.92. The number of nitrogens with zero attached hydrogens (tertiary/aromatic N) is 2. The second kappa shape index (κ2) is 3.05. The molecule has 2 fully saturated rings. The van der Waals surface area contributed by atoms with Crippen LogP contribution in [-0.2, 0) is 0 Å². The van der Waals surface area contributed by atoms with E-state index in [2.05, 4.69) is 4.98 Å². The minimum Gasteiger partial charge on any atom is -0.397 e. The van der Waals surface area contributed by atoms with Crippen LogP contribution in [0.5, 0.6) is 0 Å². The molecule has 0 amide bonds. The van der Waals surface area contributed by atoms with E-state index in [1.807, 2.05) is 0 Å². The Morgan fingerprint density at radius 1 is 1.29 bits per heavy atom. The van der Waals surface area contributed by atoms with Crippen LogP contribution in [0.15, 0.2) is 12.3 Å². The van der Waals surface area contributed by atoms with Crippen molar-refractivity contribution < 1.29 is 13.2 Å². The number of alkyl halides is 2. The lowest BCUT2D eigenvalue weighted by molar-refractivity contribution is -0.170. The van der Waals surface area contributed by atoms with Crippen LogP contribution in [0.3, 0.4) is 0 Å². The predicted molar refractivity (Wildman–Crippen MR) is 57.4 cm³/mol. The Labute approximate surface area is 96.4 Å². The maximum absolute atomic E-state index is 13.5. The Balaban J connectivity index is 1.70. The highest BCUT2D eigenvalue weighted by Gasteiger charge is 2.62. The average Bonchev–Trinajstić information content (AvgIpc) is 2.10. The van der Waals surface area contributed by atoms with Gasteiger partial charge in [-0.1, -0.05) is 0 Å². The average molecular weight is 243 g/mol. The van der Waals surface area contributed by atoms with E-state index in [1.165, 1.54) is 12.3 Å². The van der Waals surface area contributed by atoms with Crippen molar-refractivity contribution >= 4 is 11.5 Å². The maximum Gasteiger partial charge on any atom is 0.249 e. The van der Waals surface area contributed by atoms with Crippen molar-refractivity contribution in [1.82, 2.24) is 4.98 Å². The molecule has 2 aliphatic rings. The second-order valence-corrected chi connectivity index (χ2v) is 5.14. The molecule has 0 aromatic carbocycles. The van der Waals surface area contributed by atoms with E-state index < -0.39 is 11.7 Å². The third-order valence-corrected chi connectivity index (χ3v) is 3.46. The first-order valence-corrected chi connectivity index (χ1v) is 5.43. The zero-order valence-corrected chi connectivity index (χ0v) is 9.09. The van der Waals surface area contributed by atoms with Crippen molar-refractivity contribution in [2.45, 2.75) is 18.8 Å². The summed E-state index contributed by atoms with van der Waals surface area (Å²) in [5.41, 5.74) is 5.33. The van der Waals surface area contributed by atoms with Gasteiger partial charge in [-0.3, -0.25) is 0 Å². The first-order chi connectivity index (χ1) is 7.89. The molecule has 1 aliphatic heterocycles. The van der Waals surface area contributed by atoms with Gasteiger partial charge in [0, 0.05) is 37.4 Å². The van der Waals surface area contributed by atoms with Gasteiger partial charge >= 0.3 is 0 Å². The van der Waals surface area contributed by atoms with Crippen molar-refractivity contribution in [2.24, 2.45) is 5.41 Å². The summed E-state index contributed by atoms with van der Waals surface area (Å²) in [5.74, 6) is -2.81. The van der Waals surface area contributed by atoms with Crippen LogP contribution >= 0.6 is 0 Å². The molecule has 0 unspecified atom stereocenters. The highest BCUT2D eigenvalue weighted by Crippen LogP contribution is 2.57. The summed E-state index contributed by atoms with van der Waals surface area (Å²) in [6.07, 6.45) is 1.19. The van der Waals surface area contributed by atoms with Crippen molar-refractivity contribution in [3.63, 3.8) is 0 Å². The Hall–Kier alpha value is -1.46. The first-order valence-electron chi connectivity index (χ1n) is 5.43. The second-order valence-electron chi connectivity index (χ2n) is 5.14. The molecular weight excluding hydrogens is 231 g/mol. The lowest BCUT2D eigenvalue weighted by Crippen LogP contribution is -2.66. The van der Waals surface area contributed by atoms with E-state index in [0.717, 1.165) is 0 Å². The number of anilines is 2. The molecule has 2 N–H and O–H groups in total. The van der Waals surface area contributed by atoms with Gasteiger partial charge < -0.3 is 10.6 Å². The van der Waals surface area contributed by atoms with E-state index in [9.17, 15) is 13.2 Å². The minimum atomic E-state index is -2.53. The number of hydrogen-bond acceptors (Lipinski definition) is 3. The van der Waals surface area contributed by atoms with Crippen molar-refractivity contribution in [3.05, 3.63) is 18.1 Å². The number of halogens is 3. The molecule has 0 atom stereocenters. The largest absolute Gasteiger partial charge is 0.397 e. The Morgan fingerprint density at radius 3 is 2.47 bits per heavy atom. The number of rotatable bonds is 1. The maximum atomic E-state index is 13.5. The van der Waals surface area contributed by atoms with Crippen LogP contribution in [0.25, 0.3) is 0 Å². The van der Waals surface area contributed by atoms with Gasteiger partial charge in [0.25, 0.3) is 0 Å². The summed E-state index contributed by atoms with van der Waals surface area (Å²) < 4.78 is 39.1. The van der Waals surface area contributed by atoms with Gasteiger partial charge in [-0.05, 0) is 0 Å². The van der Waals surface area contributed by atoms with Crippen molar-refractivity contribution in [1.29, 1.82) is 0 Å². The number of nitrogen functional groups attached to an aromatic ring is 1. The number of nitrogens with two attached hydrogens (primary N) is 1. The Bertz CT molecular complexity index is 459. The summed E-state index contributed by atoms with van der Waals surface area (Å²) in [6, 6.07) is 1.20. The lowest BCUT2D eigenvalue weighted by atomic mass is 9.61. The number of pyridine rings is 1. The van der Waals surface area contributed by atoms with E-state index in [4.69, 9.17) is 5.73 Å². The fourth-order valence-corrected chi connectivity index (χ4v) is 2.86. The van der Waals surface area contributed by atoms with Gasteiger partial charge in [0.2, 0.25) is 5.92 Å². The predicted octanol–water partition coefficient (Wildman–Crippen LogP) is 2.04. The summed E-state index contributed by atoms with van der Waals surface area (Å²) in [5, 5.41) is 0. The minimum absolute atomic E-state index is 0.0902. The molecule has 17 heavy (non-hydrogen) atoms. The van der Waals surface area contributed by atoms with Crippen molar-refractivity contribution in [3.8, 4) is 0 Å². The molecule has 1 saturated carbocycles. The fourth-order valence-electron chi connectivity index (χ4n) is 2.86. The van der Waals surface area contributed by atoms with Gasteiger partial charge in [0.15, 0.2) is 11.6 Å². The molecule has 0 bridgehead atoms. The van der Waals surface area contributed by atoms with Crippen LogP contribution < -0.4 is 10.6 Å². The third-order valence-electron chi connectivity index (χ3n) is 3.46. The van der Waals surface area contributed by atoms with Gasteiger partial charge in [-0.15, -0.1) is 0 Å². The standard InChI is InChI=1S/C11H12F3N3/c12-8-1-7(15)2-16-9(8)17-5-10(6-17)3-11(13,14)4-10/h1-2H,3-6,15H2. The molecule has 92 valence electrons. The first kappa shape index (κ1) is 10.7.